The number of para-hydroxylation sites is 1. The van der Waals surface area contributed by atoms with Crippen molar-refractivity contribution in [3.63, 3.8) is 0 Å². The molecule has 94 valence electrons. The summed E-state index contributed by atoms with van der Waals surface area (Å²) in [4.78, 5) is 11.9. The number of rotatable bonds is 2. The Kier molecular flexibility index (Phi) is 2.57. The number of aliphatic hydroxyl groups excluding tert-OH is 1. The number of epoxide rings is 1. The number of benzene rings is 1. The van der Waals surface area contributed by atoms with E-state index in [0.717, 1.165) is 0 Å². The van der Waals surface area contributed by atoms with E-state index in [-0.39, 0.29) is 23.5 Å². The summed E-state index contributed by atoms with van der Waals surface area (Å²) in [5.74, 6) is -0.515. The van der Waals surface area contributed by atoms with Crippen LogP contribution in [0.15, 0.2) is 36.0 Å². The van der Waals surface area contributed by atoms with Crippen molar-refractivity contribution in [2.24, 2.45) is 0 Å². The van der Waals surface area contributed by atoms with Crippen LogP contribution in [0.25, 0.3) is 0 Å². The summed E-state index contributed by atoms with van der Waals surface area (Å²) in [7, 11) is 0. The van der Waals surface area contributed by atoms with E-state index in [9.17, 15) is 15.0 Å². The largest absolute Gasteiger partial charge is 0.507 e. The van der Waals surface area contributed by atoms with Crippen LogP contribution in [0.2, 0.25) is 0 Å². The molecule has 0 radical (unpaired) electrons. The van der Waals surface area contributed by atoms with Crippen LogP contribution >= 0.6 is 0 Å². The molecule has 5 nitrogen and oxygen atoms in total. The Balaban J connectivity index is 1.75. The molecule has 0 aromatic heterocycles. The molecule has 18 heavy (non-hydrogen) atoms. The first-order valence-corrected chi connectivity index (χ1v) is 5.80. The van der Waals surface area contributed by atoms with Crippen molar-refractivity contribution < 1.29 is 19.7 Å². The number of fused-ring (bicyclic) bond motifs is 1. The smallest absolute Gasteiger partial charge is 0.259 e. The fourth-order valence-electron chi connectivity index (χ4n) is 2.15. The third kappa shape index (κ3) is 1.87. The zero-order valence-corrected chi connectivity index (χ0v) is 9.54. The Morgan fingerprint density at radius 1 is 1.39 bits per heavy atom. The highest BCUT2D eigenvalue weighted by Gasteiger charge is 2.48. The number of phenols is 1. The molecule has 1 fully saturated rings. The standard InChI is InChI=1S/C13H13NO4/c15-9-4-2-1-3-7(9)13(17)14-8-5-6-10-12(18-10)11(8)16/h1-5,10-12,15-16H,6H2,(H,14,17)/t10-,11+,12-/m1/s1. The van der Waals surface area contributed by atoms with Crippen LogP contribution in [-0.2, 0) is 4.74 Å². The summed E-state index contributed by atoms with van der Waals surface area (Å²) < 4.78 is 5.23. The van der Waals surface area contributed by atoms with Gasteiger partial charge in [0.1, 0.15) is 18.0 Å². The fraction of sp³-hybridized carbons (Fsp3) is 0.308. The minimum absolute atomic E-state index is 0.0820. The van der Waals surface area contributed by atoms with Crippen molar-refractivity contribution in [1.29, 1.82) is 0 Å². The summed E-state index contributed by atoms with van der Waals surface area (Å²) >= 11 is 0. The lowest BCUT2D eigenvalue weighted by Crippen LogP contribution is -2.35. The van der Waals surface area contributed by atoms with Gasteiger partial charge in [0, 0.05) is 5.70 Å². The van der Waals surface area contributed by atoms with Crippen LogP contribution < -0.4 is 5.32 Å². The van der Waals surface area contributed by atoms with Crippen LogP contribution in [0.4, 0.5) is 0 Å². The molecule has 5 heteroatoms. The van der Waals surface area contributed by atoms with Gasteiger partial charge in [-0.1, -0.05) is 18.2 Å². The molecule has 0 spiro atoms. The van der Waals surface area contributed by atoms with E-state index in [1.165, 1.54) is 12.1 Å². The maximum atomic E-state index is 11.9. The zero-order valence-electron chi connectivity index (χ0n) is 9.54. The number of aromatic hydroxyl groups is 1. The highest BCUT2D eigenvalue weighted by atomic mass is 16.6. The monoisotopic (exact) mass is 247 g/mol. The van der Waals surface area contributed by atoms with Gasteiger partial charge in [-0.05, 0) is 18.6 Å². The molecular weight excluding hydrogens is 234 g/mol. The summed E-state index contributed by atoms with van der Waals surface area (Å²) in [6.45, 7) is 0. The van der Waals surface area contributed by atoms with Crippen molar-refractivity contribution in [3.8, 4) is 5.75 Å². The third-order valence-electron chi connectivity index (χ3n) is 3.23. The number of nitrogens with one attached hydrogen (secondary N) is 1. The minimum atomic E-state index is -0.793. The minimum Gasteiger partial charge on any atom is -0.507 e. The van der Waals surface area contributed by atoms with Gasteiger partial charge in [0.25, 0.3) is 5.91 Å². The van der Waals surface area contributed by atoms with Gasteiger partial charge in [0.15, 0.2) is 0 Å². The number of carbonyl (C=O) groups is 1. The molecule has 1 amide bonds. The number of hydrogen-bond donors (Lipinski definition) is 3. The van der Waals surface area contributed by atoms with Gasteiger partial charge < -0.3 is 20.3 Å². The average Bonchev–Trinajstić information content (AvgIpc) is 3.13. The molecule has 0 unspecified atom stereocenters. The van der Waals surface area contributed by atoms with E-state index in [0.29, 0.717) is 12.1 Å². The Hall–Kier alpha value is -1.85. The normalized spacial score (nSPS) is 29.2. The molecule has 1 aromatic carbocycles. The van der Waals surface area contributed by atoms with Gasteiger partial charge in [-0.2, -0.15) is 0 Å². The molecule has 1 aromatic rings. The second-order valence-corrected chi connectivity index (χ2v) is 4.45. The number of hydrogen-bond acceptors (Lipinski definition) is 4. The first kappa shape index (κ1) is 11.3. The number of phenolic OH excluding ortho intramolecular Hbond substituents is 1. The zero-order chi connectivity index (χ0) is 12.7. The maximum Gasteiger partial charge on any atom is 0.259 e. The lowest BCUT2D eigenvalue weighted by Gasteiger charge is -2.17. The van der Waals surface area contributed by atoms with Gasteiger partial charge in [-0.25, -0.2) is 0 Å². The van der Waals surface area contributed by atoms with Crippen molar-refractivity contribution in [1.82, 2.24) is 5.32 Å². The predicted molar refractivity (Wildman–Crippen MR) is 62.9 cm³/mol. The SMILES string of the molecule is O=C(NC1=CC[C@H]2O[C@H]2[C@H]1O)c1ccccc1O. The van der Waals surface area contributed by atoms with Crippen molar-refractivity contribution in [2.45, 2.75) is 24.7 Å². The van der Waals surface area contributed by atoms with Gasteiger partial charge in [0.05, 0.1) is 11.7 Å². The topological polar surface area (TPSA) is 82.1 Å². The molecular formula is C13H13NO4. The van der Waals surface area contributed by atoms with Crippen LogP contribution in [0, 0.1) is 0 Å². The Morgan fingerprint density at radius 2 is 2.17 bits per heavy atom. The Morgan fingerprint density at radius 3 is 2.94 bits per heavy atom. The first-order chi connectivity index (χ1) is 8.66. The van der Waals surface area contributed by atoms with E-state index in [1.807, 2.05) is 0 Å². The van der Waals surface area contributed by atoms with Crippen LogP contribution in [-0.4, -0.2) is 34.4 Å². The maximum absolute atomic E-state index is 11.9. The lowest BCUT2D eigenvalue weighted by atomic mass is 10.0. The third-order valence-corrected chi connectivity index (χ3v) is 3.23. The van der Waals surface area contributed by atoms with E-state index in [2.05, 4.69) is 5.32 Å². The molecule has 3 N–H and O–H groups in total. The van der Waals surface area contributed by atoms with Crippen molar-refractivity contribution in [2.75, 3.05) is 0 Å². The molecule has 0 saturated carbocycles. The van der Waals surface area contributed by atoms with E-state index >= 15 is 0 Å². The van der Waals surface area contributed by atoms with Gasteiger partial charge in [-0.3, -0.25) is 4.79 Å². The number of carbonyl (C=O) groups excluding carboxylic acids is 1. The second kappa shape index (κ2) is 4.12. The van der Waals surface area contributed by atoms with Gasteiger partial charge in [-0.15, -0.1) is 0 Å². The first-order valence-electron chi connectivity index (χ1n) is 5.80. The molecule has 1 aliphatic heterocycles. The van der Waals surface area contributed by atoms with Crippen LogP contribution in [0.1, 0.15) is 16.8 Å². The van der Waals surface area contributed by atoms with Crippen LogP contribution in [0.5, 0.6) is 5.75 Å². The molecule has 1 heterocycles. The van der Waals surface area contributed by atoms with E-state index in [1.54, 1.807) is 18.2 Å². The average molecular weight is 247 g/mol. The summed E-state index contributed by atoms with van der Waals surface area (Å²) in [5.41, 5.74) is 0.631. The second-order valence-electron chi connectivity index (χ2n) is 4.45. The molecule has 2 aliphatic rings. The predicted octanol–water partition coefficient (Wildman–Crippen LogP) is 0.538. The fourth-order valence-corrected chi connectivity index (χ4v) is 2.15. The Bertz CT molecular complexity index is 525. The summed E-state index contributed by atoms with van der Waals surface area (Å²) in [6.07, 6.45) is 1.55. The number of aliphatic hydroxyl groups is 1. The van der Waals surface area contributed by atoms with Crippen molar-refractivity contribution in [3.05, 3.63) is 41.6 Å². The van der Waals surface area contributed by atoms with Gasteiger partial charge >= 0.3 is 0 Å². The van der Waals surface area contributed by atoms with Gasteiger partial charge in [0.2, 0.25) is 0 Å². The number of amides is 1. The van der Waals surface area contributed by atoms with Crippen LogP contribution in [0.3, 0.4) is 0 Å². The number of ether oxygens (including phenoxy) is 1. The molecule has 1 saturated heterocycles. The molecule has 1 aliphatic carbocycles. The lowest BCUT2D eigenvalue weighted by molar-refractivity contribution is 0.0935. The molecule has 3 atom stereocenters. The van der Waals surface area contributed by atoms with Crippen molar-refractivity contribution >= 4 is 5.91 Å². The highest BCUT2D eigenvalue weighted by molar-refractivity contribution is 5.97. The quantitative estimate of drug-likeness (QED) is 0.666. The molecule has 3 rings (SSSR count). The summed E-state index contributed by atoms with van der Waals surface area (Å²) in [5, 5.41) is 22.1. The highest BCUT2D eigenvalue weighted by Crippen LogP contribution is 2.35. The Labute approximate surface area is 104 Å². The molecule has 0 bridgehead atoms. The van der Waals surface area contributed by atoms with E-state index in [4.69, 9.17) is 4.74 Å². The summed E-state index contributed by atoms with van der Waals surface area (Å²) in [6, 6.07) is 6.28. The van der Waals surface area contributed by atoms with E-state index < -0.39 is 12.0 Å².